The quantitative estimate of drug-likeness (QED) is 0.554. The van der Waals surface area contributed by atoms with Crippen LogP contribution in [0.25, 0.3) is 11.0 Å². The lowest BCUT2D eigenvalue weighted by molar-refractivity contribution is -0.120. The van der Waals surface area contributed by atoms with Crippen molar-refractivity contribution in [3.63, 3.8) is 0 Å². The van der Waals surface area contributed by atoms with Crippen LogP contribution in [0.5, 0.6) is 17.2 Å². The van der Waals surface area contributed by atoms with Gasteiger partial charge in [0.05, 0.1) is 38.8 Å². The van der Waals surface area contributed by atoms with Crippen LogP contribution in [0.3, 0.4) is 0 Å². The van der Waals surface area contributed by atoms with Gasteiger partial charge in [0.2, 0.25) is 11.7 Å². The van der Waals surface area contributed by atoms with Gasteiger partial charge in [-0.3, -0.25) is 9.36 Å². The summed E-state index contributed by atoms with van der Waals surface area (Å²) >= 11 is 0. The second-order valence-corrected chi connectivity index (χ2v) is 7.02. The molecular formula is C22H25F2N3O4. The molecule has 0 spiro atoms. The van der Waals surface area contributed by atoms with E-state index in [0.717, 1.165) is 4.57 Å². The van der Waals surface area contributed by atoms with Crippen molar-refractivity contribution < 1.29 is 27.8 Å². The minimum Gasteiger partial charge on any atom is -0.493 e. The van der Waals surface area contributed by atoms with Crippen LogP contribution in [-0.4, -0.2) is 43.3 Å². The molecule has 1 aromatic heterocycles. The number of amides is 1. The van der Waals surface area contributed by atoms with E-state index in [1.165, 1.54) is 21.3 Å². The molecule has 7 nitrogen and oxygen atoms in total. The molecule has 31 heavy (non-hydrogen) atoms. The summed E-state index contributed by atoms with van der Waals surface area (Å²) in [7, 11) is 4.50. The van der Waals surface area contributed by atoms with Gasteiger partial charge in [-0.05, 0) is 29.8 Å². The number of aromatic nitrogens is 2. The van der Waals surface area contributed by atoms with Crippen molar-refractivity contribution >= 4 is 16.9 Å². The molecule has 3 aromatic rings. The number of imidazole rings is 1. The Kier molecular flexibility index (Phi) is 6.94. The Hall–Kier alpha value is -3.36. The molecule has 0 aliphatic rings. The van der Waals surface area contributed by atoms with E-state index in [1.54, 1.807) is 43.3 Å². The second-order valence-electron chi connectivity index (χ2n) is 7.02. The van der Waals surface area contributed by atoms with Crippen LogP contribution in [0.1, 0.15) is 30.8 Å². The molecular weight excluding hydrogens is 408 g/mol. The van der Waals surface area contributed by atoms with Gasteiger partial charge in [0.25, 0.3) is 0 Å². The first kappa shape index (κ1) is 22.3. The first-order valence-electron chi connectivity index (χ1n) is 9.70. The lowest BCUT2D eigenvalue weighted by Gasteiger charge is -2.16. The standard InChI is InChI=1S/C22H25F2N3O4/c1-13(21-26-15-7-5-6-8-16(15)27(21)22(23)24)12-25-19(28)11-14-9-17(29-2)20(31-4)18(10-14)30-3/h5-10,13,22H,11-12H2,1-4H3,(H,25,28). The fourth-order valence-electron chi connectivity index (χ4n) is 3.46. The lowest BCUT2D eigenvalue weighted by atomic mass is 10.1. The minimum atomic E-state index is -2.72. The van der Waals surface area contributed by atoms with Crippen molar-refractivity contribution in [1.82, 2.24) is 14.9 Å². The average Bonchev–Trinajstić information content (AvgIpc) is 3.16. The van der Waals surface area contributed by atoms with Crippen molar-refractivity contribution in [3.8, 4) is 17.2 Å². The summed E-state index contributed by atoms with van der Waals surface area (Å²) < 4.78 is 44.1. The number of fused-ring (bicyclic) bond motifs is 1. The topological polar surface area (TPSA) is 74.6 Å². The number of ether oxygens (including phenoxy) is 3. The fraction of sp³-hybridized carbons (Fsp3) is 0.364. The zero-order chi connectivity index (χ0) is 22.5. The number of nitrogens with one attached hydrogen (secondary N) is 1. The Balaban J connectivity index is 1.72. The molecule has 0 aliphatic heterocycles. The molecule has 1 amide bonds. The maximum atomic E-state index is 13.6. The number of benzene rings is 2. The Morgan fingerprint density at radius 1 is 1.10 bits per heavy atom. The van der Waals surface area contributed by atoms with Gasteiger partial charge < -0.3 is 19.5 Å². The smallest absolute Gasteiger partial charge is 0.320 e. The fourth-order valence-corrected chi connectivity index (χ4v) is 3.46. The Morgan fingerprint density at radius 3 is 2.32 bits per heavy atom. The van der Waals surface area contributed by atoms with Crippen molar-refractivity contribution in [1.29, 1.82) is 0 Å². The highest BCUT2D eigenvalue weighted by molar-refractivity contribution is 5.79. The zero-order valence-electron chi connectivity index (χ0n) is 17.8. The Morgan fingerprint density at radius 2 is 1.74 bits per heavy atom. The number of alkyl halides is 2. The molecule has 166 valence electrons. The van der Waals surface area contributed by atoms with Gasteiger partial charge in [0.15, 0.2) is 11.5 Å². The molecule has 2 aromatic carbocycles. The number of carbonyl (C=O) groups excluding carboxylic acids is 1. The molecule has 0 saturated carbocycles. The van der Waals surface area contributed by atoms with Crippen LogP contribution in [-0.2, 0) is 11.2 Å². The Labute approximate surface area is 178 Å². The molecule has 0 saturated heterocycles. The van der Waals surface area contributed by atoms with Gasteiger partial charge in [-0.25, -0.2) is 4.98 Å². The molecule has 3 rings (SSSR count). The average molecular weight is 433 g/mol. The van der Waals surface area contributed by atoms with E-state index >= 15 is 0 Å². The molecule has 1 atom stereocenters. The van der Waals surface area contributed by atoms with E-state index in [4.69, 9.17) is 14.2 Å². The van der Waals surface area contributed by atoms with E-state index in [9.17, 15) is 13.6 Å². The van der Waals surface area contributed by atoms with Crippen LogP contribution < -0.4 is 19.5 Å². The summed E-state index contributed by atoms with van der Waals surface area (Å²) in [6.45, 7) is -0.807. The molecule has 0 fully saturated rings. The van der Waals surface area contributed by atoms with Gasteiger partial charge in [-0.15, -0.1) is 0 Å². The van der Waals surface area contributed by atoms with Crippen LogP contribution >= 0.6 is 0 Å². The molecule has 9 heteroatoms. The number of hydrogen-bond donors (Lipinski definition) is 1. The molecule has 0 bridgehead atoms. The Bertz CT molecular complexity index is 1040. The summed E-state index contributed by atoms with van der Waals surface area (Å²) in [6.07, 6.45) is 0.0642. The zero-order valence-corrected chi connectivity index (χ0v) is 17.8. The van der Waals surface area contributed by atoms with Gasteiger partial charge in [0, 0.05) is 12.5 Å². The number of para-hydroxylation sites is 2. The summed E-state index contributed by atoms with van der Waals surface area (Å²) in [6, 6.07) is 10.1. The van der Waals surface area contributed by atoms with E-state index in [2.05, 4.69) is 10.3 Å². The van der Waals surface area contributed by atoms with Gasteiger partial charge in [-0.2, -0.15) is 8.78 Å². The summed E-state index contributed by atoms with van der Waals surface area (Å²) in [5, 5.41) is 2.79. The molecule has 1 N–H and O–H groups in total. The van der Waals surface area contributed by atoms with Crippen LogP contribution in [0.2, 0.25) is 0 Å². The monoisotopic (exact) mass is 433 g/mol. The number of methoxy groups -OCH3 is 3. The third kappa shape index (κ3) is 4.70. The van der Waals surface area contributed by atoms with Gasteiger partial charge >= 0.3 is 6.55 Å². The number of nitrogens with zero attached hydrogens (tertiary/aromatic N) is 2. The van der Waals surface area contributed by atoms with Crippen LogP contribution in [0, 0.1) is 0 Å². The maximum absolute atomic E-state index is 13.6. The van der Waals surface area contributed by atoms with E-state index < -0.39 is 12.5 Å². The van der Waals surface area contributed by atoms with E-state index in [-0.39, 0.29) is 24.7 Å². The number of carbonyl (C=O) groups is 1. The highest BCUT2D eigenvalue weighted by atomic mass is 19.3. The first-order chi connectivity index (χ1) is 14.9. The summed E-state index contributed by atoms with van der Waals surface area (Å²) in [5.74, 6) is 0.886. The van der Waals surface area contributed by atoms with Crippen LogP contribution in [0.4, 0.5) is 8.78 Å². The lowest BCUT2D eigenvalue weighted by Crippen LogP contribution is -2.30. The van der Waals surface area contributed by atoms with Crippen molar-refractivity contribution in [2.45, 2.75) is 25.8 Å². The molecule has 0 radical (unpaired) electrons. The first-order valence-corrected chi connectivity index (χ1v) is 9.70. The van der Waals surface area contributed by atoms with Gasteiger partial charge in [0.1, 0.15) is 5.82 Å². The number of rotatable bonds is 9. The predicted molar refractivity (Wildman–Crippen MR) is 112 cm³/mol. The van der Waals surface area contributed by atoms with Crippen molar-refractivity contribution in [2.75, 3.05) is 27.9 Å². The highest BCUT2D eigenvalue weighted by Gasteiger charge is 2.22. The SMILES string of the molecule is COc1cc(CC(=O)NCC(C)c2nc3ccccc3n2C(F)F)cc(OC)c1OC. The van der Waals surface area contributed by atoms with Crippen molar-refractivity contribution in [3.05, 3.63) is 47.8 Å². The van der Waals surface area contributed by atoms with Crippen LogP contribution in [0.15, 0.2) is 36.4 Å². The maximum Gasteiger partial charge on any atom is 0.320 e. The van der Waals surface area contributed by atoms with E-state index in [1.807, 2.05) is 0 Å². The normalized spacial score (nSPS) is 12.1. The third-order valence-electron chi connectivity index (χ3n) is 4.95. The summed E-state index contributed by atoms with van der Waals surface area (Å²) in [4.78, 5) is 16.8. The third-order valence-corrected chi connectivity index (χ3v) is 4.95. The second kappa shape index (κ2) is 9.63. The highest BCUT2D eigenvalue weighted by Crippen LogP contribution is 2.38. The predicted octanol–water partition coefficient (Wildman–Crippen LogP) is 3.92. The largest absolute Gasteiger partial charge is 0.493 e. The molecule has 1 unspecified atom stereocenters. The van der Waals surface area contributed by atoms with Crippen molar-refractivity contribution in [2.24, 2.45) is 0 Å². The molecule has 0 aliphatic carbocycles. The van der Waals surface area contributed by atoms with E-state index in [0.29, 0.717) is 33.8 Å². The summed E-state index contributed by atoms with van der Waals surface area (Å²) in [5.41, 5.74) is 1.52. The number of hydrogen-bond acceptors (Lipinski definition) is 5. The molecule has 1 heterocycles. The van der Waals surface area contributed by atoms with Gasteiger partial charge in [-0.1, -0.05) is 19.1 Å². The minimum absolute atomic E-state index is 0.0642. The number of halogens is 2.